The first kappa shape index (κ1) is 21.6. The molecule has 1 fully saturated rings. The van der Waals surface area contributed by atoms with Gasteiger partial charge in [-0.1, -0.05) is 37.1 Å². The molecule has 1 atom stereocenters. The van der Waals surface area contributed by atoms with Crippen molar-refractivity contribution in [1.82, 2.24) is 10.2 Å². The molecule has 156 valence electrons. The van der Waals surface area contributed by atoms with Crippen LogP contribution in [0.3, 0.4) is 0 Å². The summed E-state index contributed by atoms with van der Waals surface area (Å²) < 4.78 is 11.1. The Morgan fingerprint density at radius 2 is 1.83 bits per heavy atom. The third-order valence-corrected chi connectivity index (χ3v) is 5.33. The summed E-state index contributed by atoms with van der Waals surface area (Å²) in [5.41, 5.74) is 1.76. The first-order valence-electron chi connectivity index (χ1n) is 10.3. The van der Waals surface area contributed by atoms with Crippen molar-refractivity contribution in [2.24, 2.45) is 0 Å². The fraction of sp³-hybridized carbons (Fsp3) is 0.435. The van der Waals surface area contributed by atoms with Crippen molar-refractivity contribution < 1.29 is 14.3 Å². The van der Waals surface area contributed by atoms with Crippen LogP contribution in [0.1, 0.15) is 41.7 Å². The lowest BCUT2D eigenvalue weighted by Gasteiger charge is -2.35. The molecule has 1 amide bonds. The lowest BCUT2D eigenvalue weighted by Crippen LogP contribution is -2.43. The Kier molecular flexibility index (Phi) is 8.35. The summed E-state index contributed by atoms with van der Waals surface area (Å²) in [6.45, 7) is 6.44. The summed E-state index contributed by atoms with van der Waals surface area (Å²) in [5.74, 6) is 0.708. The second kappa shape index (κ2) is 11.2. The molecule has 0 saturated carbocycles. The van der Waals surface area contributed by atoms with Gasteiger partial charge in [0.25, 0.3) is 5.91 Å². The van der Waals surface area contributed by atoms with Crippen LogP contribution >= 0.6 is 11.6 Å². The number of hydrogen-bond acceptors (Lipinski definition) is 4. The number of amides is 1. The number of hydrogen-bond donors (Lipinski definition) is 1. The monoisotopic (exact) mass is 416 g/mol. The van der Waals surface area contributed by atoms with Crippen LogP contribution in [0.4, 0.5) is 0 Å². The highest BCUT2D eigenvalue weighted by molar-refractivity contribution is 6.30. The molecule has 0 bridgehead atoms. The summed E-state index contributed by atoms with van der Waals surface area (Å²) in [4.78, 5) is 15.0. The van der Waals surface area contributed by atoms with Gasteiger partial charge in [0.15, 0.2) is 0 Å². The van der Waals surface area contributed by atoms with Crippen LogP contribution in [-0.2, 0) is 4.74 Å². The first-order valence-corrected chi connectivity index (χ1v) is 10.6. The molecule has 6 heteroatoms. The molecule has 0 radical (unpaired) electrons. The summed E-state index contributed by atoms with van der Waals surface area (Å²) in [6.07, 6.45) is 2.12. The lowest BCUT2D eigenvalue weighted by molar-refractivity contribution is 0.0162. The number of carbonyl (C=O) groups is 1. The van der Waals surface area contributed by atoms with Crippen LogP contribution in [0.25, 0.3) is 0 Å². The Morgan fingerprint density at radius 3 is 2.48 bits per heavy atom. The van der Waals surface area contributed by atoms with E-state index in [1.807, 2.05) is 48.5 Å². The quantitative estimate of drug-likeness (QED) is 0.618. The van der Waals surface area contributed by atoms with Gasteiger partial charge in [-0.3, -0.25) is 9.69 Å². The molecule has 0 unspecified atom stereocenters. The number of carbonyl (C=O) groups excluding carboxylic acids is 1. The molecule has 2 aromatic rings. The molecule has 29 heavy (non-hydrogen) atoms. The minimum Gasteiger partial charge on any atom is -0.494 e. The van der Waals surface area contributed by atoms with E-state index in [9.17, 15) is 4.79 Å². The van der Waals surface area contributed by atoms with E-state index < -0.39 is 0 Å². The summed E-state index contributed by atoms with van der Waals surface area (Å²) in [5, 5.41) is 3.79. The highest BCUT2D eigenvalue weighted by atomic mass is 35.5. The predicted octanol–water partition coefficient (Wildman–Crippen LogP) is 4.32. The summed E-state index contributed by atoms with van der Waals surface area (Å²) in [7, 11) is 0. The maximum absolute atomic E-state index is 12.7. The Morgan fingerprint density at radius 1 is 1.14 bits per heavy atom. The van der Waals surface area contributed by atoms with Crippen LogP contribution in [0, 0.1) is 0 Å². The largest absolute Gasteiger partial charge is 0.494 e. The van der Waals surface area contributed by atoms with Gasteiger partial charge < -0.3 is 14.8 Å². The SMILES string of the molecule is CCCCOc1ccc(C(=O)NC[C@@H](c2ccc(Cl)cc2)N2CCOCC2)cc1. The molecule has 3 rings (SSSR count). The van der Waals surface area contributed by atoms with Crippen molar-refractivity contribution in [3.05, 3.63) is 64.7 Å². The second-order valence-electron chi connectivity index (χ2n) is 7.15. The van der Waals surface area contributed by atoms with Crippen molar-refractivity contribution in [3.8, 4) is 5.75 Å². The topological polar surface area (TPSA) is 50.8 Å². The van der Waals surface area contributed by atoms with Gasteiger partial charge in [0.05, 0.1) is 25.9 Å². The molecule has 5 nitrogen and oxygen atoms in total. The molecular weight excluding hydrogens is 388 g/mol. The smallest absolute Gasteiger partial charge is 0.251 e. The minimum atomic E-state index is -0.0858. The third-order valence-electron chi connectivity index (χ3n) is 5.08. The zero-order valence-electron chi connectivity index (χ0n) is 16.9. The lowest BCUT2D eigenvalue weighted by atomic mass is 10.0. The molecular formula is C23H29ClN2O3. The summed E-state index contributed by atoms with van der Waals surface area (Å²) in [6, 6.07) is 15.2. The molecule has 0 spiro atoms. The molecule has 1 aliphatic heterocycles. The molecule has 0 aromatic heterocycles. The van der Waals surface area contributed by atoms with Gasteiger partial charge in [-0.25, -0.2) is 0 Å². The Bertz CT molecular complexity index is 759. The zero-order valence-corrected chi connectivity index (χ0v) is 17.7. The van der Waals surface area contributed by atoms with E-state index in [1.165, 1.54) is 0 Å². The Labute approximate surface area is 177 Å². The van der Waals surface area contributed by atoms with Gasteiger partial charge in [-0.15, -0.1) is 0 Å². The molecule has 1 aliphatic rings. The average molecular weight is 417 g/mol. The maximum Gasteiger partial charge on any atom is 0.251 e. The Balaban J connectivity index is 1.62. The number of morpholine rings is 1. The summed E-state index contributed by atoms with van der Waals surface area (Å²) >= 11 is 6.05. The van der Waals surface area contributed by atoms with Gasteiger partial charge in [-0.2, -0.15) is 0 Å². The van der Waals surface area contributed by atoms with E-state index in [-0.39, 0.29) is 11.9 Å². The molecule has 2 aromatic carbocycles. The van der Waals surface area contributed by atoms with Crippen molar-refractivity contribution >= 4 is 17.5 Å². The molecule has 0 aliphatic carbocycles. The minimum absolute atomic E-state index is 0.0803. The third kappa shape index (κ3) is 6.46. The number of nitrogens with one attached hydrogen (secondary N) is 1. The van der Waals surface area contributed by atoms with Gasteiger partial charge in [0, 0.05) is 30.2 Å². The molecule has 1 saturated heterocycles. The number of nitrogens with zero attached hydrogens (tertiary/aromatic N) is 1. The van der Waals surface area contributed by atoms with Crippen LogP contribution in [0.5, 0.6) is 5.75 Å². The maximum atomic E-state index is 12.7. The van der Waals surface area contributed by atoms with Crippen LogP contribution < -0.4 is 10.1 Å². The number of benzene rings is 2. The van der Waals surface area contributed by atoms with E-state index in [0.29, 0.717) is 37.0 Å². The van der Waals surface area contributed by atoms with Crippen LogP contribution in [0.15, 0.2) is 48.5 Å². The van der Waals surface area contributed by atoms with Crippen molar-refractivity contribution in [2.75, 3.05) is 39.5 Å². The normalized spacial score (nSPS) is 15.7. The zero-order chi connectivity index (χ0) is 20.5. The van der Waals surface area contributed by atoms with E-state index >= 15 is 0 Å². The van der Waals surface area contributed by atoms with Gasteiger partial charge in [0.1, 0.15) is 5.75 Å². The fourth-order valence-corrected chi connectivity index (χ4v) is 3.49. The van der Waals surface area contributed by atoms with E-state index in [4.69, 9.17) is 21.1 Å². The number of unbranched alkanes of at least 4 members (excludes halogenated alkanes) is 1. The average Bonchev–Trinajstić information content (AvgIpc) is 2.76. The molecule has 1 N–H and O–H groups in total. The first-order chi connectivity index (χ1) is 14.2. The van der Waals surface area contributed by atoms with Crippen molar-refractivity contribution in [2.45, 2.75) is 25.8 Å². The van der Waals surface area contributed by atoms with Gasteiger partial charge in [0.2, 0.25) is 0 Å². The van der Waals surface area contributed by atoms with Gasteiger partial charge >= 0.3 is 0 Å². The van der Waals surface area contributed by atoms with Crippen LogP contribution in [-0.4, -0.2) is 50.3 Å². The number of halogens is 1. The van der Waals surface area contributed by atoms with Crippen LogP contribution in [0.2, 0.25) is 5.02 Å². The van der Waals surface area contributed by atoms with Gasteiger partial charge in [-0.05, 0) is 48.4 Å². The Hall–Kier alpha value is -2.08. The molecule has 1 heterocycles. The van der Waals surface area contributed by atoms with Crippen molar-refractivity contribution in [3.63, 3.8) is 0 Å². The van der Waals surface area contributed by atoms with Crippen molar-refractivity contribution in [1.29, 1.82) is 0 Å². The standard InChI is InChI=1S/C23H29ClN2O3/c1-2-3-14-29-21-10-6-19(7-11-21)23(27)25-17-22(26-12-15-28-16-13-26)18-4-8-20(24)9-5-18/h4-11,22H,2-3,12-17H2,1H3,(H,25,27)/t22-/m0/s1. The fourth-order valence-electron chi connectivity index (χ4n) is 3.36. The van der Waals surface area contributed by atoms with E-state index in [0.717, 1.165) is 37.2 Å². The van der Waals surface area contributed by atoms with E-state index in [1.54, 1.807) is 0 Å². The predicted molar refractivity (Wildman–Crippen MR) is 116 cm³/mol. The van der Waals surface area contributed by atoms with E-state index in [2.05, 4.69) is 17.1 Å². The highest BCUT2D eigenvalue weighted by Crippen LogP contribution is 2.23. The number of ether oxygens (including phenoxy) is 2. The second-order valence-corrected chi connectivity index (χ2v) is 7.59. The highest BCUT2D eigenvalue weighted by Gasteiger charge is 2.23. The number of rotatable bonds is 9.